The molecule has 0 saturated carbocycles. The zero-order valence-corrected chi connectivity index (χ0v) is 18.3. The van der Waals surface area contributed by atoms with Gasteiger partial charge in [0.1, 0.15) is 11.5 Å². The molecule has 2 aromatic rings. The number of benzene rings is 1. The van der Waals surface area contributed by atoms with E-state index in [1.54, 1.807) is 6.07 Å². The summed E-state index contributed by atoms with van der Waals surface area (Å²) in [5.41, 5.74) is 1.23. The molecular formula is C21H30N2O5S. The lowest BCUT2D eigenvalue weighted by atomic mass is 9.97. The van der Waals surface area contributed by atoms with Crippen LogP contribution in [0.5, 0.6) is 11.5 Å². The van der Waals surface area contributed by atoms with Crippen LogP contribution in [-0.2, 0) is 16.6 Å². The number of hydrogen-bond acceptors (Lipinski definition) is 6. The minimum Gasteiger partial charge on any atom is -0.493 e. The molecule has 8 heteroatoms. The minimum atomic E-state index is -3.59. The van der Waals surface area contributed by atoms with Crippen molar-refractivity contribution in [1.82, 2.24) is 9.62 Å². The monoisotopic (exact) mass is 422 g/mol. The Morgan fingerprint density at radius 2 is 1.79 bits per heavy atom. The van der Waals surface area contributed by atoms with Gasteiger partial charge in [-0.25, -0.2) is 13.1 Å². The normalized spacial score (nSPS) is 16.1. The summed E-state index contributed by atoms with van der Waals surface area (Å²) < 4.78 is 44.1. The Hall–Kier alpha value is -2.03. The van der Waals surface area contributed by atoms with Crippen molar-refractivity contribution in [2.24, 2.45) is 5.92 Å². The van der Waals surface area contributed by atoms with Gasteiger partial charge in [0.05, 0.1) is 19.1 Å². The number of likely N-dealkylation sites (tertiary alicyclic amines) is 1. The first-order chi connectivity index (χ1) is 13.8. The predicted octanol–water partition coefficient (Wildman–Crippen LogP) is 3.10. The van der Waals surface area contributed by atoms with Gasteiger partial charge in [-0.2, -0.15) is 0 Å². The lowest BCUT2D eigenvalue weighted by molar-refractivity contribution is 0.178. The second kappa shape index (κ2) is 9.19. The lowest BCUT2D eigenvalue weighted by Crippen LogP contribution is -2.38. The van der Waals surface area contributed by atoms with E-state index in [1.165, 1.54) is 31.9 Å². The van der Waals surface area contributed by atoms with E-state index in [-0.39, 0.29) is 4.90 Å². The molecule has 1 aromatic carbocycles. The van der Waals surface area contributed by atoms with E-state index < -0.39 is 10.0 Å². The number of aryl methyl sites for hydroxylation is 2. The highest BCUT2D eigenvalue weighted by Crippen LogP contribution is 2.29. The Kier molecular flexibility index (Phi) is 6.87. The number of rotatable bonds is 8. The fourth-order valence-electron chi connectivity index (χ4n) is 3.72. The minimum absolute atomic E-state index is 0.179. The van der Waals surface area contributed by atoms with Crippen molar-refractivity contribution < 1.29 is 22.3 Å². The summed E-state index contributed by atoms with van der Waals surface area (Å²) in [5, 5.41) is 0. The number of ether oxygens (including phenoxy) is 2. The maximum Gasteiger partial charge on any atom is 0.240 e. The maximum atomic E-state index is 12.7. The zero-order valence-electron chi connectivity index (χ0n) is 17.5. The van der Waals surface area contributed by atoms with Crippen LogP contribution < -0.4 is 14.2 Å². The van der Waals surface area contributed by atoms with Gasteiger partial charge in [0, 0.05) is 24.7 Å². The molecule has 1 N–H and O–H groups in total. The van der Waals surface area contributed by atoms with Gasteiger partial charge in [-0.15, -0.1) is 0 Å². The molecule has 0 atom stereocenters. The van der Waals surface area contributed by atoms with Gasteiger partial charge in [-0.3, -0.25) is 4.90 Å². The second-order valence-electron chi connectivity index (χ2n) is 7.53. The van der Waals surface area contributed by atoms with E-state index in [4.69, 9.17) is 13.9 Å². The molecule has 2 heterocycles. The van der Waals surface area contributed by atoms with Crippen molar-refractivity contribution in [2.75, 3.05) is 33.9 Å². The van der Waals surface area contributed by atoms with E-state index in [9.17, 15) is 8.42 Å². The standard InChI is InChI=1S/C21H30N2O5S/c1-15-11-18(16(2)28-15)14-23-9-7-17(8-10-23)13-22-29(24,25)19-5-6-20(26-3)21(12-19)27-4/h5-6,11-12,17,22H,7-10,13-14H2,1-4H3. The third kappa shape index (κ3) is 5.32. The summed E-state index contributed by atoms with van der Waals surface area (Å²) >= 11 is 0. The van der Waals surface area contributed by atoms with Gasteiger partial charge in [0.15, 0.2) is 11.5 Å². The number of nitrogens with one attached hydrogen (secondary N) is 1. The number of sulfonamides is 1. The molecule has 160 valence electrons. The molecule has 1 aromatic heterocycles. The van der Waals surface area contributed by atoms with Crippen LogP contribution in [0.25, 0.3) is 0 Å². The van der Waals surface area contributed by atoms with Crippen LogP contribution in [0.4, 0.5) is 0 Å². The van der Waals surface area contributed by atoms with Crippen molar-refractivity contribution in [2.45, 2.75) is 38.1 Å². The quantitative estimate of drug-likeness (QED) is 0.704. The van der Waals surface area contributed by atoms with Crippen molar-refractivity contribution >= 4 is 10.0 Å². The number of methoxy groups -OCH3 is 2. The van der Waals surface area contributed by atoms with Gasteiger partial charge in [-0.1, -0.05) is 0 Å². The molecule has 29 heavy (non-hydrogen) atoms. The smallest absolute Gasteiger partial charge is 0.240 e. The SMILES string of the molecule is COc1ccc(S(=O)(=O)NCC2CCN(Cc3cc(C)oc3C)CC2)cc1OC. The highest BCUT2D eigenvalue weighted by molar-refractivity contribution is 7.89. The molecule has 7 nitrogen and oxygen atoms in total. The van der Waals surface area contributed by atoms with Gasteiger partial charge < -0.3 is 13.9 Å². The lowest BCUT2D eigenvalue weighted by Gasteiger charge is -2.31. The van der Waals surface area contributed by atoms with Crippen molar-refractivity contribution in [3.63, 3.8) is 0 Å². The molecule has 1 aliphatic heterocycles. The Bertz CT molecular complexity index is 931. The Morgan fingerprint density at radius 1 is 1.10 bits per heavy atom. The van der Waals surface area contributed by atoms with Gasteiger partial charge in [-0.05, 0) is 63.9 Å². The van der Waals surface area contributed by atoms with Crippen LogP contribution in [-0.4, -0.2) is 47.2 Å². The number of piperidine rings is 1. The van der Waals surface area contributed by atoms with E-state index in [0.717, 1.165) is 44.0 Å². The van der Waals surface area contributed by atoms with Crippen molar-refractivity contribution in [1.29, 1.82) is 0 Å². The first-order valence-electron chi connectivity index (χ1n) is 9.82. The molecule has 0 spiro atoms. The van der Waals surface area contributed by atoms with E-state index >= 15 is 0 Å². The van der Waals surface area contributed by atoms with Crippen LogP contribution >= 0.6 is 0 Å². The first-order valence-corrected chi connectivity index (χ1v) is 11.3. The van der Waals surface area contributed by atoms with Crippen LogP contribution in [0.2, 0.25) is 0 Å². The third-order valence-corrected chi connectivity index (χ3v) is 6.89. The number of furan rings is 1. The van der Waals surface area contributed by atoms with Crippen LogP contribution in [0.15, 0.2) is 33.6 Å². The number of hydrogen-bond donors (Lipinski definition) is 1. The summed E-state index contributed by atoms with van der Waals surface area (Å²) in [6, 6.07) is 6.71. The predicted molar refractivity (Wildman–Crippen MR) is 111 cm³/mol. The van der Waals surface area contributed by atoms with Crippen molar-refractivity contribution in [3.8, 4) is 11.5 Å². The molecule has 0 bridgehead atoms. The average Bonchev–Trinajstić information content (AvgIpc) is 3.03. The summed E-state index contributed by atoms with van der Waals surface area (Å²) in [4.78, 5) is 2.58. The van der Waals surface area contributed by atoms with E-state index in [1.807, 2.05) is 13.8 Å². The fourth-order valence-corrected chi connectivity index (χ4v) is 4.86. The van der Waals surface area contributed by atoms with Crippen LogP contribution in [0.3, 0.4) is 0 Å². The van der Waals surface area contributed by atoms with Gasteiger partial charge in [0.2, 0.25) is 10.0 Å². The average molecular weight is 423 g/mol. The van der Waals surface area contributed by atoms with Crippen molar-refractivity contribution in [3.05, 3.63) is 41.3 Å². The summed E-state index contributed by atoms with van der Waals surface area (Å²) in [5.74, 6) is 3.15. The molecule has 3 rings (SSSR count). The Labute approximate surface area is 173 Å². The van der Waals surface area contributed by atoms with E-state index in [2.05, 4.69) is 15.7 Å². The molecule has 0 aliphatic carbocycles. The summed E-state index contributed by atoms with van der Waals surface area (Å²) in [6.07, 6.45) is 1.93. The van der Waals surface area contributed by atoms with Crippen LogP contribution in [0, 0.1) is 19.8 Å². The molecule has 1 fully saturated rings. The Morgan fingerprint density at radius 3 is 2.38 bits per heavy atom. The van der Waals surface area contributed by atoms with Crippen LogP contribution in [0.1, 0.15) is 29.9 Å². The molecule has 0 unspecified atom stereocenters. The zero-order chi connectivity index (χ0) is 21.0. The molecule has 0 radical (unpaired) electrons. The third-order valence-electron chi connectivity index (χ3n) is 5.47. The molecule has 0 amide bonds. The highest BCUT2D eigenvalue weighted by Gasteiger charge is 2.23. The fraction of sp³-hybridized carbons (Fsp3) is 0.524. The molecular weight excluding hydrogens is 392 g/mol. The van der Waals surface area contributed by atoms with Gasteiger partial charge >= 0.3 is 0 Å². The largest absolute Gasteiger partial charge is 0.493 e. The first kappa shape index (κ1) is 21.7. The Balaban J connectivity index is 1.52. The summed E-state index contributed by atoms with van der Waals surface area (Å²) in [7, 11) is -0.586. The molecule has 1 saturated heterocycles. The number of nitrogens with zero attached hydrogens (tertiary/aromatic N) is 1. The molecule has 1 aliphatic rings. The van der Waals surface area contributed by atoms with E-state index in [0.29, 0.717) is 24.0 Å². The maximum absolute atomic E-state index is 12.7. The topological polar surface area (TPSA) is 81.0 Å². The highest BCUT2D eigenvalue weighted by atomic mass is 32.2. The van der Waals surface area contributed by atoms with Gasteiger partial charge in [0.25, 0.3) is 0 Å². The second-order valence-corrected chi connectivity index (χ2v) is 9.29. The summed E-state index contributed by atoms with van der Waals surface area (Å²) in [6.45, 7) is 7.19.